The number of carbonyl (C=O) groups excluding carboxylic acids is 1. The molecule has 3 fully saturated rings. The molecule has 2 heterocycles. The molecule has 8 heteroatoms. The highest BCUT2D eigenvalue weighted by molar-refractivity contribution is 5.85. The summed E-state index contributed by atoms with van der Waals surface area (Å²) in [5.74, 6) is 2.62. The van der Waals surface area contributed by atoms with Crippen LogP contribution in [0.1, 0.15) is 43.6 Å². The second-order valence-electron chi connectivity index (χ2n) is 8.23. The highest BCUT2D eigenvalue weighted by Crippen LogP contribution is 2.42. The van der Waals surface area contributed by atoms with Gasteiger partial charge in [-0.2, -0.15) is 0 Å². The molecule has 1 saturated heterocycles. The van der Waals surface area contributed by atoms with Gasteiger partial charge in [-0.25, -0.2) is 0 Å². The second-order valence-corrected chi connectivity index (χ2v) is 8.23. The molecule has 2 atom stereocenters. The standard InChI is InChI=1S/C19H30N4O2.2ClH/c1-13-9-17(25-21-13)12-22-5-7-23(8-6-22)19(24)16-10-14-3-2-4-15(11-16)18(14)20;;/h9,14-16,18H,2-8,10-12,20H2,1H3;2*1H. The van der Waals surface area contributed by atoms with Gasteiger partial charge >= 0.3 is 0 Å². The topological polar surface area (TPSA) is 75.6 Å². The Kier molecular flexibility index (Phi) is 7.98. The van der Waals surface area contributed by atoms with Crippen molar-refractivity contribution < 1.29 is 9.32 Å². The third kappa shape index (κ3) is 4.97. The van der Waals surface area contributed by atoms with Gasteiger partial charge in [0.25, 0.3) is 0 Å². The van der Waals surface area contributed by atoms with Gasteiger partial charge in [-0.1, -0.05) is 11.6 Å². The van der Waals surface area contributed by atoms with Crippen LogP contribution in [0.15, 0.2) is 10.6 Å². The monoisotopic (exact) mass is 418 g/mol. The van der Waals surface area contributed by atoms with Crippen molar-refractivity contribution in [1.82, 2.24) is 15.0 Å². The quantitative estimate of drug-likeness (QED) is 0.815. The number of nitrogens with zero attached hydrogens (tertiary/aromatic N) is 3. The molecule has 6 nitrogen and oxygen atoms in total. The summed E-state index contributed by atoms with van der Waals surface area (Å²) in [6.45, 7) is 6.18. The molecule has 2 bridgehead atoms. The average molecular weight is 419 g/mol. The van der Waals surface area contributed by atoms with Gasteiger partial charge < -0.3 is 15.2 Å². The van der Waals surface area contributed by atoms with E-state index in [9.17, 15) is 4.79 Å². The van der Waals surface area contributed by atoms with Crippen LogP contribution in [0.3, 0.4) is 0 Å². The fraction of sp³-hybridized carbons (Fsp3) is 0.789. The minimum Gasteiger partial charge on any atom is -0.360 e. The van der Waals surface area contributed by atoms with E-state index < -0.39 is 0 Å². The van der Waals surface area contributed by atoms with E-state index in [1.54, 1.807) is 0 Å². The SMILES string of the molecule is Cc1cc(CN2CCN(C(=O)C3CC4CCCC(C3)C4N)CC2)on1.Cl.Cl. The average Bonchev–Trinajstić information content (AvgIpc) is 2.99. The lowest BCUT2D eigenvalue weighted by Gasteiger charge is -2.45. The van der Waals surface area contributed by atoms with Gasteiger partial charge in [-0.15, -0.1) is 24.8 Å². The van der Waals surface area contributed by atoms with Crippen molar-refractivity contribution in [2.45, 2.75) is 51.6 Å². The van der Waals surface area contributed by atoms with Crippen LogP contribution in [0.5, 0.6) is 0 Å². The van der Waals surface area contributed by atoms with Crippen LogP contribution in [-0.4, -0.2) is 53.1 Å². The van der Waals surface area contributed by atoms with Gasteiger partial charge in [0.2, 0.25) is 5.91 Å². The summed E-state index contributed by atoms with van der Waals surface area (Å²) in [6.07, 6.45) is 5.74. The van der Waals surface area contributed by atoms with Crippen molar-refractivity contribution in [1.29, 1.82) is 0 Å². The molecule has 1 aliphatic heterocycles. The number of hydrogen-bond donors (Lipinski definition) is 1. The first kappa shape index (κ1) is 22.5. The molecule has 0 radical (unpaired) electrons. The van der Waals surface area contributed by atoms with Crippen molar-refractivity contribution in [3.63, 3.8) is 0 Å². The fourth-order valence-corrected chi connectivity index (χ4v) is 5.09. The summed E-state index contributed by atoms with van der Waals surface area (Å²) in [7, 11) is 0. The van der Waals surface area contributed by atoms with Crippen LogP contribution in [0.4, 0.5) is 0 Å². The second kappa shape index (κ2) is 9.59. The summed E-state index contributed by atoms with van der Waals surface area (Å²) < 4.78 is 5.30. The van der Waals surface area contributed by atoms with Gasteiger partial charge in [-0.05, 0) is 44.4 Å². The Balaban J connectivity index is 0.00000131. The molecule has 1 aromatic heterocycles. The van der Waals surface area contributed by atoms with Crippen LogP contribution in [0.2, 0.25) is 0 Å². The Labute approximate surface area is 174 Å². The van der Waals surface area contributed by atoms with E-state index in [4.69, 9.17) is 10.3 Å². The maximum absolute atomic E-state index is 13.0. The van der Waals surface area contributed by atoms with Gasteiger partial charge in [0.05, 0.1) is 12.2 Å². The predicted molar refractivity (Wildman–Crippen MR) is 109 cm³/mol. The van der Waals surface area contributed by atoms with E-state index in [0.29, 0.717) is 23.8 Å². The van der Waals surface area contributed by atoms with Crippen LogP contribution >= 0.6 is 24.8 Å². The maximum atomic E-state index is 13.0. The fourth-order valence-electron chi connectivity index (χ4n) is 5.09. The largest absolute Gasteiger partial charge is 0.360 e. The van der Waals surface area contributed by atoms with Crippen LogP contribution in [0.25, 0.3) is 0 Å². The van der Waals surface area contributed by atoms with Crippen LogP contribution in [-0.2, 0) is 11.3 Å². The Hall–Kier alpha value is -0.820. The first-order valence-electron chi connectivity index (χ1n) is 9.79. The summed E-state index contributed by atoms with van der Waals surface area (Å²) >= 11 is 0. The normalized spacial score (nSPS) is 31.0. The molecule has 2 unspecified atom stereocenters. The van der Waals surface area contributed by atoms with E-state index >= 15 is 0 Å². The number of aromatic nitrogens is 1. The van der Waals surface area contributed by atoms with E-state index in [-0.39, 0.29) is 30.7 Å². The molecule has 2 saturated carbocycles. The lowest BCUT2D eigenvalue weighted by atomic mass is 9.65. The van der Waals surface area contributed by atoms with E-state index in [2.05, 4.69) is 15.0 Å². The highest BCUT2D eigenvalue weighted by atomic mass is 35.5. The molecule has 154 valence electrons. The van der Waals surface area contributed by atoms with Crippen molar-refractivity contribution in [2.75, 3.05) is 26.2 Å². The Bertz CT molecular complexity index is 605. The number of nitrogens with two attached hydrogens (primary N) is 1. The van der Waals surface area contributed by atoms with Crippen molar-refractivity contribution in [3.05, 3.63) is 17.5 Å². The molecule has 0 spiro atoms. The molecule has 2 N–H and O–H groups in total. The highest BCUT2D eigenvalue weighted by Gasteiger charge is 2.41. The molecule has 3 aliphatic rings. The third-order valence-electron chi connectivity index (χ3n) is 6.50. The molecular formula is C19H32Cl2N4O2. The first-order chi connectivity index (χ1) is 12.1. The van der Waals surface area contributed by atoms with E-state index in [0.717, 1.165) is 57.0 Å². The number of rotatable bonds is 3. The summed E-state index contributed by atoms with van der Waals surface area (Å²) in [4.78, 5) is 17.4. The molecule has 4 rings (SSSR count). The summed E-state index contributed by atoms with van der Waals surface area (Å²) in [5, 5.41) is 3.94. The molecular weight excluding hydrogens is 387 g/mol. The lowest BCUT2D eigenvalue weighted by Crippen LogP contribution is -2.53. The smallest absolute Gasteiger partial charge is 0.225 e. The van der Waals surface area contributed by atoms with Gasteiger partial charge in [0.15, 0.2) is 5.76 Å². The van der Waals surface area contributed by atoms with E-state index in [1.807, 2.05) is 13.0 Å². The van der Waals surface area contributed by atoms with Crippen molar-refractivity contribution >= 4 is 30.7 Å². The van der Waals surface area contributed by atoms with Crippen molar-refractivity contribution in [3.8, 4) is 0 Å². The zero-order valence-corrected chi connectivity index (χ0v) is 17.6. The van der Waals surface area contributed by atoms with E-state index in [1.165, 1.54) is 19.3 Å². The minimum absolute atomic E-state index is 0. The van der Waals surface area contributed by atoms with Gasteiger partial charge in [0.1, 0.15) is 0 Å². The van der Waals surface area contributed by atoms with Gasteiger partial charge in [-0.3, -0.25) is 9.69 Å². The number of piperazine rings is 1. The zero-order chi connectivity index (χ0) is 17.4. The number of amides is 1. The Morgan fingerprint density at radius 2 is 1.81 bits per heavy atom. The molecule has 0 aromatic carbocycles. The molecule has 1 aromatic rings. The van der Waals surface area contributed by atoms with Gasteiger partial charge in [0, 0.05) is 44.2 Å². The number of halogens is 2. The predicted octanol–water partition coefficient (Wildman–Crippen LogP) is 2.62. The van der Waals surface area contributed by atoms with Crippen molar-refractivity contribution in [2.24, 2.45) is 23.5 Å². The molecule has 2 aliphatic carbocycles. The maximum Gasteiger partial charge on any atom is 0.225 e. The summed E-state index contributed by atoms with van der Waals surface area (Å²) in [6, 6.07) is 2.32. The molecule has 27 heavy (non-hydrogen) atoms. The number of fused-ring (bicyclic) bond motifs is 2. The zero-order valence-electron chi connectivity index (χ0n) is 16.0. The summed E-state index contributed by atoms with van der Waals surface area (Å²) in [5.41, 5.74) is 7.29. The van der Waals surface area contributed by atoms with Crippen LogP contribution in [0, 0.1) is 24.7 Å². The number of carbonyl (C=O) groups is 1. The number of aryl methyl sites for hydroxylation is 1. The lowest BCUT2D eigenvalue weighted by molar-refractivity contribution is -0.140. The minimum atomic E-state index is 0. The Morgan fingerprint density at radius 1 is 1.19 bits per heavy atom. The first-order valence-corrected chi connectivity index (χ1v) is 9.79. The Morgan fingerprint density at radius 3 is 2.37 bits per heavy atom. The molecule has 1 amide bonds. The van der Waals surface area contributed by atoms with Crippen LogP contribution < -0.4 is 5.73 Å². The third-order valence-corrected chi connectivity index (χ3v) is 6.50. The number of hydrogen-bond acceptors (Lipinski definition) is 5.